The third kappa shape index (κ3) is 2.62. The third-order valence-electron chi connectivity index (χ3n) is 2.89. The van der Waals surface area contributed by atoms with Gasteiger partial charge in [0, 0.05) is 5.39 Å². The number of carbonyl (C=O) groups excluding carboxylic acids is 1. The minimum atomic E-state index is -0.555. The molecule has 2 aromatic carbocycles. The van der Waals surface area contributed by atoms with Gasteiger partial charge in [0.05, 0.1) is 0 Å². The monoisotopic (exact) mass is 243 g/mol. The Labute approximate surface area is 107 Å². The summed E-state index contributed by atoms with van der Waals surface area (Å²) in [6, 6.07) is 13.7. The zero-order valence-corrected chi connectivity index (χ0v) is 10.4. The van der Waals surface area contributed by atoms with E-state index in [0.29, 0.717) is 12.2 Å². The molecule has 0 aliphatic heterocycles. The molecule has 18 heavy (non-hydrogen) atoms. The van der Waals surface area contributed by atoms with E-state index in [2.05, 4.69) is 0 Å². The second-order valence-corrected chi connectivity index (χ2v) is 4.27. The van der Waals surface area contributed by atoms with E-state index >= 15 is 0 Å². The van der Waals surface area contributed by atoms with Crippen molar-refractivity contribution in [1.82, 2.24) is 0 Å². The number of amides is 1. The standard InChI is InChI=1S/C15H17NO2/c1-2-6-14(15(16)17)18-13-10-5-8-11-7-3-4-9-12(11)13/h3-5,7-10,14H,2,6H2,1H3,(H2,16,17). The zero-order chi connectivity index (χ0) is 13.0. The minimum absolute atomic E-state index is 0.412. The van der Waals surface area contributed by atoms with Gasteiger partial charge in [-0.15, -0.1) is 0 Å². The SMILES string of the molecule is CCCC(Oc1cccc2ccccc12)C(N)=O. The molecule has 94 valence electrons. The van der Waals surface area contributed by atoms with Crippen LogP contribution in [0.1, 0.15) is 19.8 Å². The van der Waals surface area contributed by atoms with Crippen molar-refractivity contribution in [2.24, 2.45) is 5.73 Å². The van der Waals surface area contributed by atoms with Crippen molar-refractivity contribution in [1.29, 1.82) is 0 Å². The van der Waals surface area contributed by atoms with Crippen LogP contribution >= 0.6 is 0 Å². The Kier molecular flexibility index (Phi) is 3.82. The van der Waals surface area contributed by atoms with E-state index in [4.69, 9.17) is 10.5 Å². The van der Waals surface area contributed by atoms with E-state index < -0.39 is 12.0 Å². The van der Waals surface area contributed by atoms with Gasteiger partial charge in [-0.3, -0.25) is 4.79 Å². The Bertz CT molecular complexity index is 546. The normalized spacial score (nSPS) is 12.3. The van der Waals surface area contributed by atoms with Crippen molar-refractivity contribution in [3.05, 3.63) is 42.5 Å². The molecule has 0 fully saturated rings. The van der Waals surface area contributed by atoms with Crippen LogP contribution < -0.4 is 10.5 Å². The lowest BCUT2D eigenvalue weighted by atomic mass is 10.1. The number of primary amides is 1. The van der Waals surface area contributed by atoms with Crippen molar-refractivity contribution < 1.29 is 9.53 Å². The summed E-state index contributed by atoms with van der Waals surface area (Å²) in [6.07, 6.45) is 0.942. The first-order valence-electron chi connectivity index (χ1n) is 6.16. The molecule has 2 aromatic rings. The number of nitrogens with two attached hydrogens (primary N) is 1. The average molecular weight is 243 g/mol. The van der Waals surface area contributed by atoms with Gasteiger partial charge in [0.1, 0.15) is 5.75 Å². The second-order valence-electron chi connectivity index (χ2n) is 4.27. The Hall–Kier alpha value is -2.03. The summed E-state index contributed by atoms with van der Waals surface area (Å²) in [4.78, 5) is 11.3. The van der Waals surface area contributed by atoms with E-state index in [0.717, 1.165) is 17.2 Å². The molecule has 0 bridgehead atoms. The molecule has 0 spiro atoms. The largest absolute Gasteiger partial charge is 0.480 e. The molecule has 0 heterocycles. The second kappa shape index (κ2) is 5.54. The van der Waals surface area contributed by atoms with Gasteiger partial charge >= 0.3 is 0 Å². The molecular formula is C15H17NO2. The predicted octanol–water partition coefficient (Wildman–Crippen LogP) is 2.87. The molecule has 1 amide bonds. The van der Waals surface area contributed by atoms with Crippen LogP contribution in [0.2, 0.25) is 0 Å². The van der Waals surface area contributed by atoms with E-state index in [1.165, 1.54) is 0 Å². The molecule has 1 atom stereocenters. The van der Waals surface area contributed by atoms with Gasteiger partial charge in [-0.1, -0.05) is 49.7 Å². The molecule has 2 N–H and O–H groups in total. The molecule has 1 unspecified atom stereocenters. The van der Waals surface area contributed by atoms with Crippen molar-refractivity contribution >= 4 is 16.7 Å². The summed E-state index contributed by atoms with van der Waals surface area (Å²) < 4.78 is 5.76. The number of benzene rings is 2. The summed E-state index contributed by atoms with van der Waals surface area (Å²) in [6.45, 7) is 2.00. The van der Waals surface area contributed by atoms with Crippen LogP contribution in [-0.4, -0.2) is 12.0 Å². The van der Waals surface area contributed by atoms with Crippen molar-refractivity contribution in [3.8, 4) is 5.75 Å². The van der Waals surface area contributed by atoms with Crippen LogP contribution in [-0.2, 0) is 4.79 Å². The first-order valence-corrected chi connectivity index (χ1v) is 6.16. The zero-order valence-electron chi connectivity index (χ0n) is 10.4. The van der Waals surface area contributed by atoms with Crippen molar-refractivity contribution in [2.45, 2.75) is 25.9 Å². The first kappa shape index (κ1) is 12.4. The van der Waals surface area contributed by atoms with Gasteiger partial charge in [-0.2, -0.15) is 0 Å². The van der Waals surface area contributed by atoms with Crippen LogP contribution in [0, 0.1) is 0 Å². The molecule has 0 saturated carbocycles. The maximum atomic E-state index is 11.3. The fraction of sp³-hybridized carbons (Fsp3) is 0.267. The molecule has 0 saturated heterocycles. The third-order valence-corrected chi connectivity index (χ3v) is 2.89. The fourth-order valence-corrected chi connectivity index (χ4v) is 1.97. The van der Waals surface area contributed by atoms with Gasteiger partial charge in [0.2, 0.25) is 0 Å². The average Bonchev–Trinajstić information content (AvgIpc) is 2.38. The van der Waals surface area contributed by atoms with Gasteiger partial charge in [-0.25, -0.2) is 0 Å². The predicted molar refractivity (Wildman–Crippen MR) is 72.5 cm³/mol. The summed E-state index contributed by atoms with van der Waals surface area (Å²) >= 11 is 0. The number of rotatable bonds is 5. The first-order chi connectivity index (χ1) is 8.72. The van der Waals surface area contributed by atoms with Gasteiger partial charge in [0.25, 0.3) is 5.91 Å². The lowest BCUT2D eigenvalue weighted by Gasteiger charge is -2.16. The van der Waals surface area contributed by atoms with Crippen molar-refractivity contribution in [2.75, 3.05) is 0 Å². The van der Waals surface area contributed by atoms with Crippen molar-refractivity contribution in [3.63, 3.8) is 0 Å². The van der Waals surface area contributed by atoms with Gasteiger partial charge < -0.3 is 10.5 Å². The smallest absolute Gasteiger partial charge is 0.258 e. The molecule has 3 heteroatoms. The van der Waals surface area contributed by atoms with E-state index in [1.807, 2.05) is 49.4 Å². The van der Waals surface area contributed by atoms with E-state index in [1.54, 1.807) is 0 Å². The minimum Gasteiger partial charge on any atom is -0.480 e. The highest BCUT2D eigenvalue weighted by Crippen LogP contribution is 2.26. The molecule has 2 rings (SSSR count). The Balaban J connectivity index is 2.33. The lowest BCUT2D eigenvalue weighted by molar-refractivity contribution is -0.124. The summed E-state index contributed by atoms with van der Waals surface area (Å²) in [5.74, 6) is 0.301. The lowest BCUT2D eigenvalue weighted by Crippen LogP contribution is -2.33. The number of ether oxygens (including phenoxy) is 1. The topological polar surface area (TPSA) is 52.3 Å². The maximum Gasteiger partial charge on any atom is 0.258 e. The van der Waals surface area contributed by atoms with Gasteiger partial charge in [0.15, 0.2) is 6.10 Å². The maximum absolute atomic E-state index is 11.3. The number of hydrogen-bond acceptors (Lipinski definition) is 2. The number of carbonyl (C=O) groups is 1. The fourth-order valence-electron chi connectivity index (χ4n) is 1.97. The van der Waals surface area contributed by atoms with Crippen LogP contribution in [0.3, 0.4) is 0 Å². The molecule has 0 aliphatic rings. The highest BCUT2D eigenvalue weighted by atomic mass is 16.5. The highest BCUT2D eigenvalue weighted by Gasteiger charge is 2.16. The molecule has 0 radical (unpaired) electrons. The Morgan fingerprint density at radius 3 is 2.67 bits per heavy atom. The van der Waals surface area contributed by atoms with E-state index in [9.17, 15) is 4.79 Å². The van der Waals surface area contributed by atoms with Crippen LogP contribution in [0.5, 0.6) is 5.75 Å². The summed E-state index contributed by atoms with van der Waals surface area (Å²) in [5.41, 5.74) is 5.35. The molecule has 0 aromatic heterocycles. The molecule has 0 aliphatic carbocycles. The van der Waals surface area contributed by atoms with Gasteiger partial charge in [-0.05, 0) is 17.9 Å². The molecule has 3 nitrogen and oxygen atoms in total. The van der Waals surface area contributed by atoms with Crippen LogP contribution in [0.4, 0.5) is 0 Å². The number of hydrogen-bond donors (Lipinski definition) is 1. The van der Waals surface area contributed by atoms with Crippen LogP contribution in [0.25, 0.3) is 10.8 Å². The Morgan fingerprint density at radius 2 is 1.94 bits per heavy atom. The molecular weight excluding hydrogens is 226 g/mol. The quantitative estimate of drug-likeness (QED) is 0.877. The number of fused-ring (bicyclic) bond motifs is 1. The van der Waals surface area contributed by atoms with E-state index in [-0.39, 0.29) is 0 Å². The van der Waals surface area contributed by atoms with Crippen LogP contribution in [0.15, 0.2) is 42.5 Å². The Morgan fingerprint density at radius 1 is 1.22 bits per heavy atom. The summed E-state index contributed by atoms with van der Waals surface area (Å²) in [5, 5.41) is 2.09. The summed E-state index contributed by atoms with van der Waals surface area (Å²) in [7, 11) is 0. The highest BCUT2D eigenvalue weighted by molar-refractivity contribution is 5.88.